The molecule has 0 rings (SSSR count). The third kappa shape index (κ3) is 5.69. The maximum atomic E-state index is 11.5. The second-order valence-corrected chi connectivity index (χ2v) is 3.85. The molecule has 2 unspecified atom stereocenters. The largest absolute Gasteiger partial charge is 0.481 e. The first kappa shape index (κ1) is 15.7. The van der Waals surface area contributed by atoms with Crippen LogP contribution in [0.1, 0.15) is 13.3 Å². The molecule has 0 spiro atoms. The number of urea groups is 1. The van der Waals surface area contributed by atoms with Crippen molar-refractivity contribution in [3.05, 3.63) is 0 Å². The normalized spacial score (nSPS) is 12.9. The summed E-state index contributed by atoms with van der Waals surface area (Å²) in [6, 6.07) is -0.295. The minimum Gasteiger partial charge on any atom is -0.481 e. The summed E-state index contributed by atoms with van der Waals surface area (Å²) in [4.78, 5) is 33.8. The summed E-state index contributed by atoms with van der Waals surface area (Å²) in [6.07, 6.45) is -0.706. The molecule has 0 radical (unpaired) electrons. The zero-order valence-corrected chi connectivity index (χ0v) is 10.1. The highest BCUT2D eigenvalue weighted by molar-refractivity contribution is 5.86. The number of nitriles is 1. The van der Waals surface area contributed by atoms with Gasteiger partial charge in [-0.05, 0) is 6.92 Å². The van der Waals surface area contributed by atoms with E-state index in [9.17, 15) is 14.4 Å². The fraction of sp³-hybridized carbons (Fsp3) is 0.600. The summed E-state index contributed by atoms with van der Waals surface area (Å²) in [7, 11) is 1.39. The van der Waals surface area contributed by atoms with Crippen LogP contribution in [0.25, 0.3) is 0 Å². The van der Waals surface area contributed by atoms with Gasteiger partial charge >= 0.3 is 18.0 Å². The molecule has 0 aliphatic heterocycles. The fourth-order valence-electron chi connectivity index (χ4n) is 1.17. The van der Waals surface area contributed by atoms with Crippen LogP contribution in [0.5, 0.6) is 0 Å². The topological polar surface area (TPSA) is 131 Å². The van der Waals surface area contributed by atoms with Gasteiger partial charge in [0.25, 0.3) is 0 Å². The number of hydrogen-bond donors (Lipinski definition) is 3. The molecule has 0 bridgehead atoms. The highest BCUT2D eigenvalue weighted by Crippen LogP contribution is 1.99. The highest BCUT2D eigenvalue weighted by Gasteiger charge is 2.24. The molecular formula is C10H15N3O5. The van der Waals surface area contributed by atoms with Crippen LogP contribution in [0.15, 0.2) is 0 Å². The minimum atomic E-state index is -1.49. The lowest BCUT2D eigenvalue weighted by Gasteiger charge is -2.21. The SMILES string of the molecule is CC(C#N)CN(C)C(=O)NC(CC(=O)O)C(=O)O. The van der Waals surface area contributed by atoms with Gasteiger partial charge in [0.2, 0.25) is 0 Å². The van der Waals surface area contributed by atoms with Crippen LogP contribution < -0.4 is 5.32 Å². The fourth-order valence-corrected chi connectivity index (χ4v) is 1.17. The maximum Gasteiger partial charge on any atom is 0.326 e. The zero-order chi connectivity index (χ0) is 14.3. The second-order valence-electron chi connectivity index (χ2n) is 3.85. The summed E-state index contributed by atoms with van der Waals surface area (Å²) < 4.78 is 0. The predicted octanol–water partition coefficient (Wildman–Crippen LogP) is -0.285. The number of amides is 2. The number of carboxylic acids is 2. The molecule has 0 aromatic carbocycles. The van der Waals surface area contributed by atoms with Gasteiger partial charge in [-0.25, -0.2) is 9.59 Å². The van der Waals surface area contributed by atoms with Gasteiger partial charge in [0, 0.05) is 13.6 Å². The van der Waals surface area contributed by atoms with Crippen molar-refractivity contribution in [2.24, 2.45) is 5.92 Å². The molecule has 0 aromatic rings. The van der Waals surface area contributed by atoms with Crippen LogP contribution in [0, 0.1) is 17.2 Å². The zero-order valence-electron chi connectivity index (χ0n) is 10.1. The third-order valence-electron chi connectivity index (χ3n) is 2.09. The first-order chi connectivity index (χ1) is 8.27. The lowest BCUT2D eigenvalue weighted by molar-refractivity contribution is -0.145. The minimum absolute atomic E-state index is 0.127. The average molecular weight is 257 g/mol. The number of carbonyl (C=O) groups is 3. The van der Waals surface area contributed by atoms with Gasteiger partial charge in [-0.2, -0.15) is 5.26 Å². The van der Waals surface area contributed by atoms with Crippen LogP contribution in [0.4, 0.5) is 4.79 Å². The molecule has 0 aliphatic rings. The van der Waals surface area contributed by atoms with E-state index in [-0.39, 0.29) is 6.54 Å². The number of hydrogen-bond acceptors (Lipinski definition) is 4. The number of nitrogens with zero attached hydrogens (tertiary/aromatic N) is 2. The van der Waals surface area contributed by atoms with E-state index in [1.807, 2.05) is 6.07 Å². The molecule has 8 nitrogen and oxygen atoms in total. The Labute approximate surface area is 104 Å². The van der Waals surface area contributed by atoms with Gasteiger partial charge in [-0.1, -0.05) is 0 Å². The summed E-state index contributed by atoms with van der Waals surface area (Å²) in [5.74, 6) is -3.15. The highest BCUT2D eigenvalue weighted by atomic mass is 16.4. The molecular weight excluding hydrogens is 242 g/mol. The van der Waals surface area contributed by atoms with Crippen molar-refractivity contribution in [3.63, 3.8) is 0 Å². The van der Waals surface area contributed by atoms with Gasteiger partial charge in [0.1, 0.15) is 6.04 Å². The van der Waals surface area contributed by atoms with Crippen molar-refractivity contribution in [2.45, 2.75) is 19.4 Å². The Morgan fingerprint density at radius 3 is 2.33 bits per heavy atom. The van der Waals surface area contributed by atoms with Gasteiger partial charge in [0.05, 0.1) is 18.4 Å². The summed E-state index contributed by atoms with van der Waals surface area (Å²) >= 11 is 0. The molecule has 18 heavy (non-hydrogen) atoms. The Morgan fingerprint density at radius 1 is 1.39 bits per heavy atom. The molecule has 0 aliphatic carbocycles. The maximum absolute atomic E-state index is 11.5. The van der Waals surface area contributed by atoms with E-state index in [0.29, 0.717) is 0 Å². The Kier molecular flexibility index (Phi) is 6.20. The van der Waals surface area contributed by atoms with Crippen LogP contribution in [0.2, 0.25) is 0 Å². The monoisotopic (exact) mass is 257 g/mol. The first-order valence-electron chi connectivity index (χ1n) is 5.13. The number of carbonyl (C=O) groups excluding carboxylic acids is 1. The molecule has 8 heteroatoms. The van der Waals surface area contributed by atoms with Crippen molar-refractivity contribution >= 4 is 18.0 Å². The van der Waals surface area contributed by atoms with Crippen LogP contribution in [-0.4, -0.2) is 52.7 Å². The van der Waals surface area contributed by atoms with E-state index in [2.05, 4.69) is 5.32 Å². The molecule has 0 fully saturated rings. The van der Waals surface area contributed by atoms with Gasteiger partial charge < -0.3 is 20.4 Å². The van der Waals surface area contributed by atoms with Crippen molar-refractivity contribution < 1.29 is 24.6 Å². The Balaban J connectivity index is 4.46. The molecule has 0 heterocycles. The Hall–Kier alpha value is -2.30. The lowest BCUT2D eigenvalue weighted by Crippen LogP contribution is -2.48. The molecule has 0 saturated heterocycles. The molecule has 100 valence electrons. The molecule has 2 amide bonds. The van der Waals surface area contributed by atoms with E-state index >= 15 is 0 Å². The van der Waals surface area contributed by atoms with E-state index < -0.39 is 36.4 Å². The third-order valence-corrected chi connectivity index (χ3v) is 2.09. The van der Waals surface area contributed by atoms with E-state index in [1.165, 1.54) is 7.05 Å². The van der Waals surface area contributed by atoms with E-state index in [4.69, 9.17) is 15.5 Å². The number of carboxylic acid groups (broad SMARTS) is 2. The first-order valence-corrected chi connectivity index (χ1v) is 5.13. The summed E-state index contributed by atoms with van der Waals surface area (Å²) in [6.45, 7) is 1.73. The summed E-state index contributed by atoms with van der Waals surface area (Å²) in [5, 5.41) is 27.9. The predicted molar refractivity (Wildman–Crippen MR) is 59.6 cm³/mol. The molecule has 2 atom stereocenters. The lowest BCUT2D eigenvalue weighted by atomic mass is 10.2. The van der Waals surface area contributed by atoms with Gasteiger partial charge in [-0.3, -0.25) is 4.79 Å². The molecule has 3 N–H and O–H groups in total. The standard InChI is InChI=1S/C10H15N3O5/c1-6(4-11)5-13(2)10(18)12-7(9(16)17)3-8(14)15/h6-7H,3,5H2,1-2H3,(H,12,18)(H,14,15)(H,16,17). The van der Waals surface area contributed by atoms with Crippen molar-refractivity contribution in [1.29, 1.82) is 5.26 Å². The van der Waals surface area contributed by atoms with Crippen molar-refractivity contribution in [2.75, 3.05) is 13.6 Å². The second kappa shape index (κ2) is 7.11. The number of rotatable bonds is 6. The van der Waals surface area contributed by atoms with E-state index in [1.54, 1.807) is 6.92 Å². The van der Waals surface area contributed by atoms with Crippen LogP contribution in [-0.2, 0) is 9.59 Å². The molecule has 0 aromatic heterocycles. The number of nitrogens with one attached hydrogen (secondary N) is 1. The van der Waals surface area contributed by atoms with Crippen LogP contribution >= 0.6 is 0 Å². The summed E-state index contributed by atoms with van der Waals surface area (Å²) in [5.41, 5.74) is 0. The number of aliphatic carboxylic acids is 2. The smallest absolute Gasteiger partial charge is 0.326 e. The van der Waals surface area contributed by atoms with Crippen molar-refractivity contribution in [3.8, 4) is 6.07 Å². The van der Waals surface area contributed by atoms with Crippen molar-refractivity contribution in [1.82, 2.24) is 10.2 Å². The van der Waals surface area contributed by atoms with Gasteiger partial charge in [0.15, 0.2) is 0 Å². The molecule has 0 saturated carbocycles. The quantitative estimate of drug-likeness (QED) is 0.599. The van der Waals surface area contributed by atoms with Gasteiger partial charge in [-0.15, -0.1) is 0 Å². The van der Waals surface area contributed by atoms with Crippen LogP contribution in [0.3, 0.4) is 0 Å². The Bertz CT molecular complexity index is 376. The van der Waals surface area contributed by atoms with E-state index in [0.717, 1.165) is 4.90 Å². The Morgan fingerprint density at radius 2 is 1.94 bits per heavy atom. The average Bonchev–Trinajstić information content (AvgIpc) is 2.26.